The average Bonchev–Trinajstić information content (AvgIpc) is 2.65. The number of H-pyrrole nitrogens is 1. The number of hydrogen-bond donors (Lipinski definition) is 1. The first kappa shape index (κ1) is 8.10. The van der Waals surface area contributed by atoms with Gasteiger partial charge in [-0.3, -0.25) is 0 Å². The van der Waals surface area contributed by atoms with Gasteiger partial charge in [0.15, 0.2) is 0 Å². The van der Waals surface area contributed by atoms with E-state index < -0.39 is 0 Å². The third-order valence-corrected chi connectivity index (χ3v) is 3.30. The second kappa shape index (κ2) is 2.63. The van der Waals surface area contributed by atoms with Crippen LogP contribution in [-0.2, 0) is 12.8 Å². The Morgan fingerprint density at radius 2 is 2.00 bits per heavy atom. The van der Waals surface area contributed by atoms with Crippen molar-refractivity contribution < 1.29 is 0 Å². The van der Waals surface area contributed by atoms with Gasteiger partial charge in [0, 0.05) is 16.6 Å². The topological polar surface area (TPSA) is 15.8 Å². The summed E-state index contributed by atoms with van der Waals surface area (Å²) in [6.45, 7) is 4.38. The molecule has 0 aliphatic heterocycles. The summed E-state index contributed by atoms with van der Waals surface area (Å²) in [4.78, 5) is 3.57. The smallest absolute Gasteiger partial charge is 0.0488 e. The van der Waals surface area contributed by atoms with Crippen LogP contribution in [0.4, 0.5) is 0 Å². The molecule has 1 heterocycles. The molecular weight excluding hydrogens is 170 g/mol. The van der Waals surface area contributed by atoms with E-state index in [2.05, 4.69) is 31.0 Å². The molecule has 1 N–H and O–H groups in total. The minimum absolute atomic E-state index is 1.24. The molecule has 1 aliphatic carbocycles. The predicted molar refractivity (Wildman–Crippen MR) is 59.8 cm³/mol. The fourth-order valence-electron chi connectivity index (χ4n) is 2.70. The summed E-state index contributed by atoms with van der Waals surface area (Å²) in [5, 5.41) is 1.47. The van der Waals surface area contributed by atoms with Crippen molar-refractivity contribution in [3.05, 3.63) is 34.5 Å². The average molecular weight is 185 g/mol. The number of aromatic nitrogens is 1. The van der Waals surface area contributed by atoms with E-state index in [-0.39, 0.29) is 0 Å². The van der Waals surface area contributed by atoms with Crippen molar-refractivity contribution >= 4 is 10.9 Å². The standard InChI is InChI=1S/C13H15N/c1-8-6-9(2)13-11(7-8)10-4-3-5-12(10)14-13/h6-7,14H,3-5H2,1-2H3. The quantitative estimate of drug-likeness (QED) is 0.648. The zero-order chi connectivity index (χ0) is 9.71. The Bertz CT molecular complexity index is 505. The summed E-state index contributed by atoms with van der Waals surface area (Å²) in [6, 6.07) is 4.58. The highest BCUT2D eigenvalue weighted by Crippen LogP contribution is 2.32. The summed E-state index contributed by atoms with van der Waals surface area (Å²) < 4.78 is 0. The molecule has 1 aromatic carbocycles. The van der Waals surface area contributed by atoms with Crippen LogP contribution < -0.4 is 0 Å². The molecule has 0 bridgehead atoms. The molecule has 14 heavy (non-hydrogen) atoms. The lowest BCUT2D eigenvalue weighted by molar-refractivity contribution is 0.898. The molecule has 0 unspecified atom stereocenters. The molecule has 0 atom stereocenters. The molecule has 3 rings (SSSR count). The van der Waals surface area contributed by atoms with Gasteiger partial charge in [0.2, 0.25) is 0 Å². The van der Waals surface area contributed by atoms with Crippen LogP contribution in [0.25, 0.3) is 10.9 Å². The van der Waals surface area contributed by atoms with Gasteiger partial charge in [-0.05, 0) is 50.3 Å². The van der Waals surface area contributed by atoms with Crippen molar-refractivity contribution in [3.63, 3.8) is 0 Å². The Morgan fingerprint density at radius 3 is 2.86 bits per heavy atom. The van der Waals surface area contributed by atoms with E-state index in [1.807, 2.05) is 0 Å². The number of aromatic amines is 1. The summed E-state index contributed by atoms with van der Waals surface area (Å²) in [6.07, 6.45) is 3.82. The normalized spacial score (nSPS) is 15.0. The van der Waals surface area contributed by atoms with E-state index in [1.165, 1.54) is 47.0 Å². The first-order chi connectivity index (χ1) is 6.75. The minimum atomic E-state index is 1.24. The molecule has 0 spiro atoms. The molecule has 0 radical (unpaired) electrons. The molecule has 1 nitrogen and oxygen atoms in total. The van der Waals surface area contributed by atoms with Crippen molar-refractivity contribution in [1.82, 2.24) is 4.98 Å². The Labute approximate surface area is 84.1 Å². The van der Waals surface area contributed by atoms with Crippen LogP contribution >= 0.6 is 0 Å². The minimum Gasteiger partial charge on any atom is -0.358 e. The van der Waals surface area contributed by atoms with E-state index in [1.54, 1.807) is 5.56 Å². The lowest BCUT2D eigenvalue weighted by atomic mass is 10.1. The first-order valence-corrected chi connectivity index (χ1v) is 5.36. The van der Waals surface area contributed by atoms with Gasteiger partial charge in [-0.1, -0.05) is 11.6 Å². The van der Waals surface area contributed by atoms with Gasteiger partial charge in [0.25, 0.3) is 0 Å². The molecule has 72 valence electrons. The molecule has 1 heteroatoms. The van der Waals surface area contributed by atoms with E-state index in [9.17, 15) is 0 Å². The van der Waals surface area contributed by atoms with Gasteiger partial charge in [-0.2, -0.15) is 0 Å². The number of hydrogen-bond acceptors (Lipinski definition) is 0. The summed E-state index contributed by atoms with van der Waals surface area (Å²) in [7, 11) is 0. The van der Waals surface area contributed by atoms with Crippen molar-refractivity contribution in [2.45, 2.75) is 33.1 Å². The summed E-state index contributed by atoms with van der Waals surface area (Å²) >= 11 is 0. The van der Waals surface area contributed by atoms with Crippen LogP contribution in [0.15, 0.2) is 12.1 Å². The van der Waals surface area contributed by atoms with Crippen LogP contribution in [0.2, 0.25) is 0 Å². The fraction of sp³-hybridized carbons (Fsp3) is 0.385. The number of nitrogens with one attached hydrogen (secondary N) is 1. The molecule has 1 aliphatic rings. The molecular formula is C13H15N. The van der Waals surface area contributed by atoms with Gasteiger partial charge in [-0.25, -0.2) is 0 Å². The zero-order valence-corrected chi connectivity index (χ0v) is 8.78. The van der Waals surface area contributed by atoms with Crippen LogP contribution in [-0.4, -0.2) is 4.98 Å². The second-order valence-electron chi connectivity index (χ2n) is 4.44. The van der Waals surface area contributed by atoms with Crippen molar-refractivity contribution in [1.29, 1.82) is 0 Å². The van der Waals surface area contributed by atoms with Gasteiger partial charge < -0.3 is 4.98 Å². The highest BCUT2D eigenvalue weighted by Gasteiger charge is 2.17. The van der Waals surface area contributed by atoms with Crippen LogP contribution in [0, 0.1) is 13.8 Å². The Morgan fingerprint density at radius 1 is 1.14 bits per heavy atom. The number of rotatable bonds is 0. The maximum Gasteiger partial charge on any atom is 0.0488 e. The van der Waals surface area contributed by atoms with Crippen molar-refractivity contribution in [2.24, 2.45) is 0 Å². The van der Waals surface area contributed by atoms with E-state index in [4.69, 9.17) is 0 Å². The van der Waals surface area contributed by atoms with Gasteiger partial charge in [0.1, 0.15) is 0 Å². The number of fused-ring (bicyclic) bond motifs is 3. The zero-order valence-electron chi connectivity index (χ0n) is 8.78. The molecule has 1 aromatic heterocycles. The molecule has 2 aromatic rings. The Balaban J connectivity index is 2.43. The lowest BCUT2D eigenvalue weighted by Crippen LogP contribution is -1.82. The van der Waals surface area contributed by atoms with E-state index >= 15 is 0 Å². The third-order valence-electron chi connectivity index (χ3n) is 3.30. The summed E-state index contributed by atoms with van der Waals surface area (Å²) in [5.74, 6) is 0. The molecule has 0 amide bonds. The SMILES string of the molecule is Cc1cc(C)c2[nH]c3c(c2c1)CCC3. The highest BCUT2D eigenvalue weighted by molar-refractivity contribution is 5.88. The number of aryl methyl sites for hydroxylation is 4. The van der Waals surface area contributed by atoms with Crippen molar-refractivity contribution in [2.75, 3.05) is 0 Å². The third kappa shape index (κ3) is 0.955. The summed E-state index contributed by atoms with van der Waals surface area (Å²) in [5.41, 5.74) is 7.18. The fourth-order valence-corrected chi connectivity index (χ4v) is 2.70. The van der Waals surface area contributed by atoms with Gasteiger partial charge in [-0.15, -0.1) is 0 Å². The predicted octanol–water partition coefficient (Wildman–Crippen LogP) is 3.27. The monoisotopic (exact) mass is 185 g/mol. The number of benzene rings is 1. The largest absolute Gasteiger partial charge is 0.358 e. The maximum atomic E-state index is 3.57. The van der Waals surface area contributed by atoms with Gasteiger partial charge >= 0.3 is 0 Å². The van der Waals surface area contributed by atoms with Crippen LogP contribution in [0.1, 0.15) is 28.8 Å². The second-order valence-corrected chi connectivity index (χ2v) is 4.44. The Kier molecular flexibility index (Phi) is 1.52. The highest BCUT2D eigenvalue weighted by atomic mass is 14.7. The van der Waals surface area contributed by atoms with Crippen LogP contribution in [0.5, 0.6) is 0 Å². The molecule has 0 fully saturated rings. The van der Waals surface area contributed by atoms with Crippen LogP contribution in [0.3, 0.4) is 0 Å². The van der Waals surface area contributed by atoms with E-state index in [0.717, 1.165) is 0 Å². The lowest BCUT2D eigenvalue weighted by Gasteiger charge is -2.00. The van der Waals surface area contributed by atoms with Gasteiger partial charge in [0.05, 0.1) is 0 Å². The maximum absolute atomic E-state index is 3.57. The molecule has 0 saturated carbocycles. The first-order valence-electron chi connectivity index (χ1n) is 5.36. The van der Waals surface area contributed by atoms with Crippen molar-refractivity contribution in [3.8, 4) is 0 Å². The van der Waals surface area contributed by atoms with E-state index in [0.29, 0.717) is 0 Å². The molecule has 0 saturated heterocycles. The Hall–Kier alpha value is -1.24.